The van der Waals surface area contributed by atoms with Gasteiger partial charge in [-0.2, -0.15) is 0 Å². The van der Waals surface area contributed by atoms with Gasteiger partial charge in [0.25, 0.3) is 0 Å². The molecule has 2 N–H and O–H groups in total. The Bertz CT molecular complexity index is 492. The van der Waals surface area contributed by atoms with E-state index in [2.05, 4.69) is 10.6 Å². The standard InChI is InChI=1S/C15H22FN3O/c1-10(17-3)12-4-5-15(14(16)8-12)19-7-6-13(9-19)18-11(2)20/h4-5,8,10,13,17H,6-7,9H2,1-3H3,(H,18,20). The van der Waals surface area contributed by atoms with Gasteiger partial charge in [0.1, 0.15) is 5.82 Å². The summed E-state index contributed by atoms with van der Waals surface area (Å²) in [5, 5.41) is 5.98. The Labute approximate surface area is 119 Å². The topological polar surface area (TPSA) is 44.4 Å². The Kier molecular flexibility index (Phi) is 4.60. The van der Waals surface area contributed by atoms with E-state index in [9.17, 15) is 9.18 Å². The van der Waals surface area contributed by atoms with E-state index in [0.717, 1.165) is 18.5 Å². The number of nitrogens with one attached hydrogen (secondary N) is 2. The maximum absolute atomic E-state index is 14.2. The van der Waals surface area contributed by atoms with Crippen LogP contribution in [0.5, 0.6) is 0 Å². The van der Waals surface area contributed by atoms with Gasteiger partial charge in [0.2, 0.25) is 5.91 Å². The fourth-order valence-corrected chi connectivity index (χ4v) is 2.60. The molecule has 2 rings (SSSR count). The van der Waals surface area contributed by atoms with Gasteiger partial charge in [-0.25, -0.2) is 4.39 Å². The molecular formula is C15H22FN3O. The summed E-state index contributed by atoms with van der Waals surface area (Å²) in [6, 6.07) is 5.61. The molecule has 1 aromatic rings. The third-order valence-electron chi connectivity index (χ3n) is 3.84. The maximum Gasteiger partial charge on any atom is 0.217 e. The average Bonchev–Trinajstić information content (AvgIpc) is 2.85. The largest absolute Gasteiger partial charge is 0.367 e. The molecule has 1 aromatic carbocycles. The average molecular weight is 279 g/mol. The molecule has 1 amide bonds. The highest BCUT2D eigenvalue weighted by Gasteiger charge is 2.25. The molecule has 0 aromatic heterocycles. The smallest absolute Gasteiger partial charge is 0.217 e. The van der Waals surface area contributed by atoms with Crippen LogP contribution in [0, 0.1) is 5.82 Å². The van der Waals surface area contributed by atoms with Gasteiger partial charge in [-0.1, -0.05) is 6.07 Å². The van der Waals surface area contributed by atoms with E-state index in [1.54, 1.807) is 6.07 Å². The van der Waals surface area contributed by atoms with E-state index in [4.69, 9.17) is 0 Å². The Balaban J connectivity index is 2.08. The molecule has 0 aliphatic carbocycles. The number of halogens is 1. The van der Waals surface area contributed by atoms with Gasteiger partial charge in [-0.15, -0.1) is 0 Å². The number of amides is 1. The zero-order valence-corrected chi connectivity index (χ0v) is 12.2. The summed E-state index contributed by atoms with van der Waals surface area (Å²) in [6.07, 6.45) is 0.855. The van der Waals surface area contributed by atoms with Crippen LogP contribution in [0.3, 0.4) is 0 Å². The third kappa shape index (κ3) is 3.28. The first kappa shape index (κ1) is 14.8. The van der Waals surface area contributed by atoms with Gasteiger partial charge in [-0.05, 0) is 38.1 Å². The molecule has 1 aliphatic rings. The molecule has 110 valence electrons. The summed E-state index contributed by atoms with van der Waals surface area (Å²) in [7, 11) is 1.86. The number of carbonyl (C=O) groups is 1. The van der Waals surface area contributed by atoms with E-state index in [1.807, 2.05) is 31.0 Å². The van der Waals surface area contributed by atoms with Crippen molar-refractivity contribution in [3.05, 3.63) is 29.6 Å². The van der Waals surface area contributed by atoms with Crippen LogP contribution >= 0.6 is 0 Å². The predicted octanol–water partition coefficient (Wildman–Crippen LogP) is 1.82. The number of nitrogens with zero attached hydrogens (tertiary/aromatic N) is 1. The maximum atomic E-state index is 14.2. The molecular weight excluding hydrogens is 257 g/mol. The van der Waals surface area contributed by atoms with Crippen molar-refractivity contribution in [1.82, 2.24) is 10.6 Å². The number of hydrogen-bond acceptors (Lipinski definition) is 3. The Morgan fingerprint density at radius 3 is 2.85 bits per heavy atom. The van der Waals surface area contributed by atoms with Gasteiger partial charge in [0.15, 0.2) is 0 Å². The molecule has 1 fully saturated rings. The molecule has 1 saturated heterocycles. The van der Waals surface area contributed by atoms with E-state index >= 15 is 0 Å². The van der Waals surface area contributed by atoms with Crippen LogP contribution in [0.25, 0.3) is 0 Å². The Morgan fingerprint density at radius 2 is 2.25 bits per heavy atom. The number of carbonyl (C=O) groups excluding carboxylic acids is 1. The summed E-state index contributed by atoms with van der Waals surface area (Å²) in [5.41, 5.74) is 1.55. The zero-order valence-electron chi connectivity index (χ0n) is 12.2. The lowest BCUT2D eigenvalue weighted by molar-refractivity contribution is -0.119. The van der Waals surface area contributed by atoms with E-state index in [0.29, 0.717) is 12.2 Å². The second kappa shape index (κ2) is 6.22. The molecule has 2 unspecified atom stereocenters. The normalized spacial score (nSPS) is 20.0. The van der Waals surface area contributed by atoms with Crippen molar-refractivity contribution in [1.29, 1.82) is 0 Å². The molecule has 0 saturated carbocycles. The van der Waals surface area contributed by atoms with Crippen molar-refractivity contribution in [3.63, 3.8) is 0 Å². The van der Waals surface area contributed by atoms with Crippen LogP contribution in [-0.4, -0.2) is 32.1 Å². The van der Waals surface area contributed by atoms with Crippen LogP contribution < -0.4 is 15.5 Å². The molecule has 0 spiro atoms. The molecule has 4 nitrogen and oxygen atoms in total. The molecule has 1 aliphatic heterocycles. The van der Waals surface area contributed by atoms with Gasteiger partial charge in [0.05, 0.1) is 5.69 Å². The van der Waals surface area contributed by atoms with Gasteiger partial charge in [0, 0.05) is 32.1 Å². The van der Waals surface area contributed by atoms with Crippen molar-refractivity contribution < 1.29 is 9.18 Å². The minimum absolute atomic E-state index is 0.0319. The highest BCUT2D eigenvalue weighted by molar-refractivity contribution is 5.73. The number of hydrogen-bond donors (Lipinski definition) is 2. The number of rotatable bonds is 4. The van der Waals surface area contributed by atoms with Crippen molar-refractivity contribution in [2.24, 2.45) is 0 Å². The second-order valence-electron chi connectivity index (χ2n) is 5.35. The predicted molar refractivity (Wildman–Crippen MR) is 78.3 cm³/mol. The van der Waals surface area contributed by atoms with Crippen molar-refractivity contribution in [2.45, 2.75) is 32.4 Å². The summed E-state index contributed by atoms with van der Waals surface area (Å²) in [4.78, 5) is 13.0. The Morgan fingerprint density at radius 1 is 1.50 bits per heavy atom. The van der Waals surface area contributed by atoms with Gasteiger partial charge >= 0.3 is 0 Å². The summed E-state index contributed by atoms with van der Waals surface area (Å²) < 4.78 is 14.2. The Hall–Kier alpha value is -1.62. The van der Waals surface area contributed by atoms with Crippen molar-refractivity contribution in [2.75, 3.05) is 25.0 Å². The van der Waals surface area contributed by atoms with Crippen LogP contribution in [0.4, 0.5) is 10.1 Å². The molecule has 2 atom stereocenters. The minimum atomic E-state index is -0.201. The van der Waals surface area contributed by atoms with Gasteiger partial charge in [-0.3, -0.25) is 4.79 Å². The second-order valence-corrected chi connectivity index (χ2v) is 5.35. The highest BCUT2D eigenvalue weighted by atomic mass is 19.1. The number of benzene rings is 1. The van der Waals surface area contributed by atoms with E-state index < -0.39 is 0 Å². The quantitative estimate of drug-likeness (QED) is 0.883. The molecule has 0 bridgehead atoms. The molecule has 5 heteroatoms. The lowest BCUT2D eigenvalue weighted by Crippen LogP contribution is -2.35. The first-order valence-corrected chi connectivity index (χ1v) is 7.00. The van der Waals surface area contributed by atoms with E-state index in [-0.39, 0.29) is 23.8 Å². The molecule has 0 radical (unpaired) electrons. The summed E-state index contributed by atoms with van der Waals surface area (Å²) in [6.45, 7) is 4.94. The van der Waals surface area contributed by atoms with Crippen molar-refractivity contribution in [3.8, 4) is 0 Å². The fraction of sp³-hybridized carbons (Fsp3) is 0.533. The third-order valence-corrected chi connectivity index (χ3v) is 3.84. The molecule has 20 heavy (non-hydrogen) atoms. The summed E-state index contributed by atoms with van der Waals surface area (Å²) >= 11 is 0. The van der Waals surface area contributed by atoms with Crippen LogP contribution in [0.2, 0.25) is 0 Å². The van der Waals surface area contributed by atoms with Gasteiger partial charge < -0.3 is 15.5 Å². The lowest BCUT2D eigenvalue weighted by atomic mass is 10.1. The first-order valence-electron chi connectivity index (χ1n) is 7.00. The molecule has 1 heterocycles. The van der Waals surface area contributed by atoms with Crippen molar-refractivity contribution >= 4 is 11.6 Å². The lowest BCUT2D eigenvalue weighted by Gasteiger charge is -2.21. The number of anilines is 1. The van der Waals surface area contributed by atoms with Crippen LogP contribution in [0.1, 0.15) is 31.9 Å². The highest BCUT2D eigenvalue weighted by Crippen LogP contribution is 2.26. The van der Waals surface area contributed by atoms with E-state index in [1.165, 1.54) is 6.92 Å². The minimum Gasteiger partial charge on any atom is -0.367 e. The monoisotopic (exact) mass is 279 g/mol. The van der Waals surface area contributed by atoms with Crippen LogP contribution in [0.15, 0.2) is 18.2 Å². The fourth-order valence-electron chi connectivity index (χ4n) is 2.60. The zero-order chi connectivity index (χ0) is 14.7. The SMILES string of the molecule is CNC(C)c1ccc(N2CCC(NC(C)=O)C2)c(F)c1. The van der Waals surface area contributed by atoms with Crippen LogP contribution in [-0.2, 0) is 4.79 Å². The summed E-state index contributed by atoms with van der Waals surface area (Å²) in [5.74, 6) is -0.233. The first-order chi connectivity index (χ1) is 9.51.